The zero-order chi connectivity index (χ0) is 13.4. The van der Waals surface area contributed by atoms with Crippen molar-refractivity contribution in [1.29, 1.82) is 0 Å². The molecule has 4 N–H and O–H groups in total. The van der Waals surface area contributed by atoms with Gasteiger partial charge in [0.15, 0.2) is 5.65 Å². The Bertz CT molecular complexity index is 772. The molecule has 2 heterocycles. The Labute approximate surface area is 118 Å². The lowest BCUT2D eigenvalue weighted by atomic mass is 10.2. The van der Waals surface area contributed by atoms with Crippen LogP contribution in [0.15, 0.2) is 28.7 Å². The first-order valence-electron chi connectivity index (χ1n) is 5.90. The van der Waals surface area contributed by atoms with Crippen molar-refractivity contribution in [3.8, 4) is 0 Å². The van der Waals surface area contributed by atoms with Gasteiger partial charge in [0.1, 0.15) is 11.6 Å². The molecule has 3 rings (SSSR count). The van der Waals surface area contributed by atoms with E-state index in [9.17, 15) is 0 Å². The normalized spacial score (nSPS) is 11.3. The molecule has 2 aromatic heterocycles. The minimum absolute atomic E-state index is 0.447. The standard InChI is InChI=1S/C13H12BrN5/c14-9-3-1-2-7-6-8-12(16)17-10(4-5-15)18-13(8)19-11(7)9/h1-3,6H,4-5,15H2,(H2,16,17,18,19). The van der Waals surface area contributed by atoms with E-state index >= 15 is 0 Å². The van der Waals surface area contributed by atoms with Crippen molar-refractivity contribution in [2.24, 2.45) is 5.73 Å². The fourth-order valence-electron chi connectivity index (χ4n) is 2.01. The van der Waals surface area contributed by atoms with E-state index in [1.165, 1.54) is 0 Å². The highest BCUT2D eigenvalue weighted by Crippen LogP contribution is 2.26. The van der Waals surface area contributed by atoms with Crippen molar-refractivity contribution in [2.75, 3.05) is 12.3 Å². The number of hydrogen-bond donors (Lipinski definition) is 2. The number of nitrogen functional groups attached to an aromatic ring is 1. The maximum absolute atomic E-state index is 5.97. The molecule has 3 aromatic rings. The minimum Gasteiger partial charge on any atom is -0.383 e. The van der Waals surface area contributed by atoms with Crippen molar-refractivity contribution < 1.29 is 0 Å². The number of hydrogen-bond acceptors (Lipinski definition) is 5. The molecule has 0 spiro atoms. The van der Waals surface area contributed by atoms with Crippen LogP contribution in [0.2, 0.25) is 0 Å². The smallest absolute Gasteiger partial charge is 0.165 e. The molecule has 19 heavy (non-hydrogen) atoms. The van der Waals surface area contributed by atoms with Gasteiger partial charge in [-0.2, -0.15) is 0 Å². The monoisotopic (exact) mass is 317 g/mol. The summed E-state index contributed by atoms with van der Waals surface area (Å²) in [4.78, 5) is 13.2. The highest BCUT2D eigenvalue weighted by molar-refractivity contribution is 9.10. The maximum atomic E-state index is 5.97. The highest BCUT2D eigenvalue weighted by Gasteiger charge is 2.09. The number of fused-ring (bicyclic) bond motifs is 2. The first-order valence-corrected chi connectivity index (χ1v) is 6.70. The predicted octanol–water partition coefficient (Wildman–Crippen LogP) is 2.02. The van der Waals surface area contributed by atoms with Gasteiger partial charge in [-0.25, -0.2) is 15.0 Å². The van der Waals surface area contributed by atoms with Gasteiger partial charge in [0.05, 0.1) is 10.9 Å². The second kappa shape index (κ2) is 4.71. The zero-order valence-corrected chi connectivity index (χ0v) is 11.7. The van der Waals surface area contributed by atoms with E-state index in [1.807, 2.05) is 24.3 Å². The lowest BCUT2D eigenvalue weighted by Gasteiger charge is -2.06. The van der Waals surface area contributed by atoms with Crippen LogP contribution in [-0.2, 0) is 6.42 Å². The molecule has 96 valence electrons. The van der Waals surface area contributed by atoms with Crippen LogP contribution in [0.1, 0.15) is 5.82 Å². The number of aromatic nitrogens is 3. The third kappa shape index (κ3) is 2.13. The van der Waals surface area contributed by atoms with Crippen LogP contribution >= 0.6 is 15.9 Å². The van der Waals surface area contributed by atoms with Gasteiger partial charge in [-0.05, 0) is 34.6 Å². The second-order valence-corrected chi connectivity index (χ2v) is 5.09. The maximum Gasteiger partial charge on any atom is 0.165 e. The van der Waals surface area contributed by atoms with E-state index < -0.39 is 0 Å². The summed E-state index contributed by atoms with van der Waals surface area (Å²) in [7, 11) is 0. The Hall–Kier alpha value is -1.79. The summed E-state index contributed by atoms with van der Waals surface area (Å²) >= 11 is 3.49. The first-order chi connectivity index (χ1) is 9.19. The number of halogens is 1. The summed E-state index contributed by atoms with van der Waals surface area (Å²) in [6, 6.07) is 7.86. The summed E-state index contributed by atoms with van der Waals surface area (Å²) < 4.78 is 0.935. The van der Waals surface area contributed by atoms with Crippen molar-refractivity contribution in [1.82, 2.24) is 15.0 Å². The van der Waals surface area contributed by atoms with Crippen LogP contribution in [0.3, 0.4) is 0 Å². The Kier molecular flexibility index (Phi) is 3.04. The predicted molar refractivity (Wildman–Crippen MR) is 79.7 cm³/mol. The molecular weight excluding hydrogens is 306 g/mol. The molecule has 0 amide bonds. The number of rotatable bonds is 2. The Morgan fingerprint density at radius 3 is 2.79 bits per heavy atom. The van der Waals surface area contributed by atoms with E-state index in [-0.39, 0.29) is 0 Å². The van der Waals surface area contributed by atoms with Crippen LogP contribution in [-0.4, -0.2) is 21.5 Å². The number of anilines is 1. The third-order valence-electron chi connectivity index (χ3n) is 2.90. The molecule has 0 unspecified atom stereocenters. The summed E-state index contributed by atoms with van der Waals surface area (Å²) in [5.74, 6) is 1.08. The molecule has 0 aliphatic rings. The summed E-state index contributed by atoms with van der Waals surface area (Å²) in [5.41, 5.74) is 13.0. The largest absolute Gasteiger partial charge is 0.383 e. The molecule has 0 aliphatic carbocycles. The van der Waals surface area contributed by atoms with Crippen molar-refractivity contribution >= 4 is 43.7 Å². The molecule has 6 heteroatoms. The average Bonchev–Trinajstić information content (AvgIpc) is 2.38. The van der Waals surface area contributed by atoms with Gasteiger partial charge >= 0.3 is 0 Å². The van der Waals surface area contributed by atoms with Crippen molar-refractivity contribution in [3.63, 3.8) is 0 Å². The van der Waals surface area contributed by atoms with E-state index in [2.05, 4.69) is 30.9 Å². The third-order valence-corrected chi connectivity index (χ3v) is 3.54. The molecule has 0 aliphatic heterocycles. The number of pyridine rings is 1. The van der Waals surface area contributed by atoms with Crippen molar-refractivity contribution in [2.45, 2.75) is 6.42 Å². The quantitative estimate of drug-likeness (QED) is 0.706. The van der Waals surface area contributed by atoms with Gasteiger partial charge in [-0.15, -0.1) is 0 Å². The Morgan fingerprint density at radius 2 is 2.00 bits per heavy atom. The molecule has 0 bridgehead atoms. The van der Waals surface area contributed by atoms with Gasteiger partial charge in [0.25, 0.3) is 0 Å². The van der Waals surface area contributed by atoms with Gasteiger partial charge in [0.2, 0.25) is 0 Å². The summed E-state index contributed by atoms with van der Waals surface area (Å²) in [6.45, 7) is 0.488. The topological polar surface area (TPSA) is 90.7 Å². The minimum atomic E-state index is 0.447. The van der Waals surface area contributed by atoms with Gasteiger partial charge in [-0.3, -0.25) is 0 Å². The highest BCUT2D eigenvalue weighted by atomic mass is 79.9. The first kappa shape index (κ1) is 12.3. The average molecular weight is 318 g/mol. The van der Waals surface area contributed by atoms with Crippen LogP contribution in [0.5, 0.6) is 0 Å². The number of para-hydroxylation sites is 1. The van der Waals surface area contributed by atoms with Crippen LogP contribution < -0.4 is 11.5 Å². The SMILES string of the molecule is NCCc1nc(N)c2cc3cccc(Br)c3nc2n1. The Morgan fingerprint density at radius 1 is 1.16 bits per heavy atom. The van der Waals surface area contributed by atoms with Crippen LogP contribution in [0.4, 0.5) is 5.82 Å². The fourth-order valence-corrected chi connectivity index (χ4v) is 2.48. The number of nitrogens with zero attached hydrogens (tertiary/aromatic N) is 3. The van der Waals surface area contributed by atoms with Gasteiger partial charge < -0.3 is 11.5 Å². The number of nitrogens with two attached hydrogens (primary N) is 2. The van der Waals surface area contributed by atoms with E-state index in [0.717, 1.165) is 20.8 Å². The molecule has 0 saturated carbocycles. The van der Waals surface area contributed by atoms with Crippen LogP contribution in [0, 0.1) is 0 Å². The second-order valence-electron chi connectivity index (χ2n) is 4.23. The molecule has 5 nitrogen and oxygen atoms in total. The van der Waals surface area contributed by atoms with Gasteiger partial charge in [-0.1, -0.05) is 12.1 Å². The van der Waals surface area contributed by atoms with E-state index in [0.29, 0.717) is 30.3 Å². The Balaban J connectivity index is 2.35. The van der Waals surface area contributed by atoms with E-state index in [1.54, 1.807) is 0 Å². The van der Waals surface area contributed by atoms with E-state index in [4.69, 9.17) is 11.5 Å². The summed E-state index contributed by atoms with van der Waals surface area (Å²) in [5, 5.41) is 1.77. The van der Waals surface area contributed by atoms with Crippen LogP contribution in [0.25, 0.3) is 21.9 Å². The lowest BCUT2D eigenvalue weighted by molar-refractivity contribution is 0.879. The lowest BCUT2D eigenvalue weighted by Crippen LogP contribution is -2.08. The number of benzene rings is 1. The van der Waals surface area contributed by atoms with Crippen molar-refractivity contribution in [3.05, 3.63) is 34.6 Å². The molecule has 1 aromatic carbocycles. The zero-order valence-electron chi connectivity index (χ0n) is 10.1. The molecule has 0 fully saturated rings. The molecule has 0 saturated heterocycles. The summed E-state index contributed by atoms with van der Waals surface area (Å²) in [6.07, 6.45) is 0.593. The molecular formula is C13H12BrN5. The molecule has 0 radical (unpaired) electrons. The fraction of sp³-hybridized carbons (Fsp3) is 0.154. The molecule has 0 atom stereocenters. The van der Waals surface area contributed by atoms with Gasteiger partial charge in [0, 0.05) is 16.3 Å².